The van der Waals surface area contributed by atoms with E-state index in [0.29, 0.717) is 18.0 Å². The number of thiophene rings is 1. The largest absolute Gasteiger partial charge is 0.350 e. The highest BCUT2D eigenvalue weighted by molar-refractivity contribution is 7.14. The van der Waals surface area contributed by atoms with Gasteiger partial charge in [-0.1, -0.05) is 11.8 Å². The molecule has 5 heteroatoms. The van der Waals surface area contributed by atoms with Crippen LogP contribution >= 0.6 is 11.3 Å². The molecule has 1 heterocycles. The predicted molar refractivity (Wildman–Crippen MR) is 71.1 cm³/mol. The summed E-state index contributed by atoms with van der Waals surface area (Å²) in [4.78, 5) is 15.3. The van der Waals surface area contributed by atoms with Crippen LogP contribution in [0, 0.1) is 11.8 Å². The third kappa shape index (κ3) is 5.00. The van der Waals surface area contributed by atoms with E-state index < -0.39 is 0 Å². The Balaban J connectivity index is 2.49. The zero-order chi connectivity index (χ0) is 12.7. The molecule has 3 N–H and O–H groups in total. The lowest BCUT2D eigenvalue weighted by Crippen LogP contribution is -2.30. The fourth-order valence-corrected chi connectivity index (χ4v) is 1.94. The van der Waals surface area contributed by atoms with Crippen LogP contribution in [0.4, 0.5) is 0 Å². The van der Waals surface area contributed by atoms with E-state index in [0.717, 1.165) is 11.4 Å². The maximum absolute atomic E-state index is 11.7. The normalized spacial score (nSPS) is 9.88. The Morgan fingerprint density at radius 1 is 1.53 bits per heavy atom. The molecule has 17 heavy (non-hydrogen) atoms. The third-order valence-corrected chi connectivity index (χ3v) is 2.99. The Kier molecular flexibility index (Phi) is 5.70. The van der Waals surface area contributed by atoms with Crippen molar-refractivity contribution < 1.29 is 4.79 Å². The van der Waals surface area contributed by atoms with Gasteiger partial charge in [-0.15, -0.1) is 11.3 Å². The second-order valence-electron chi connectivity index (χ2n) is 3.73. The van der Waals surface area contributed by atoms with Gasteiger partial charge in [0.2, 0.25) is 0 Å². The standard InChI is InChI=1S/C12H17N3OS/c1-15(2)9-8-14-12(16)11-6-5-10(17-11)4-3-7-13/h5-6H,7-9,13H2,1-2H3,(H,14,16). The van der Waals surface area contributed by atoms with Gasteiger partial charge in [0.15, 0.2) is 0 Å². The quantitative estimate of drug-likeness (QED) is 0.759. The lowest BCUT2D eigenvalue weighted by molar-refractivity contribution is 0.0955. The lowest BCUT2D eigenvalue weighted by atomic mass is 10.4. The number of carbonyl (C=O) groups is 1. The number of nitrogens with two attached hydrogens (primary N) is 1. The van der Waals surface area contributed by atoms with Crippen molar-refractivity contribution in [2.75, 3.05) is 33.7 Å². The van der Waals surface area contributed by atoms with Crippen LogP contribution in [0.2, 0.25) is 0 Å². The Bertz CT molecular complexity index is 428. The molecule has 0 radical (unpaired) electrons. The summed E-state index contributed by atoms with van der Waals surface area (Å²) in [5.41, 5.74) is 5.28. The summed E-state index contributed by atoms with van der Waals surface area (Å²) in [6.45, 7) is 1.81. The molecule has 0 spiro atoms. The molecule has 0 aromatic carbocycles. The molecular formula is C12H17N3OS. The van der Waals surface area contributed by atoms with Crippen LogP contribution in [0.15, 0.2) is 12.1 Å². The molecule has 1 rings (SSSR count). The summed E-state index contributed by atoms with van der Waals surface area (Å²) >= 11 is 1.38. The molecule has 1 aromatic heterocycles. The lowest BCUT2D eigenvalue weighted by Gasteiger charge is -2.09. The summed E-state index contributed by atoms with van der Waals surface area (Å²) in [5, 5.41) is 2.86. The minimum Gasteiger partial charge on any atom is -0.350 e. The fraction of sp³-hybridized carbons (Fsp3) is 0.417. The van der Waals surface area contributed by atoms with Crippen molar-refractivity contribution in [2.45, 2.75) is 0 Å². The summed E-state index contributed by atoms with van der Waals surface area (Å²) in [5.74, 6) is 5.63. The van der Waals surface area contributed by atoms with E-state index >= 15 is 0 Å². The third-order valence-electron chi connectivity index (χ3n) is 1.99. The molecule has 4 nitrogen and oxygen atoms in total. The maximum Gasteiger partial charge on any atom is 0.261 e. The first-order valence-electron chi connectivity index (χ1n) is 5.35. The van der Waals surface area contributed by atoms with Crippen LogP contribution in [0.25, 0.3) is 0 Å². The van der Waals surface area contributed by atoms with Crippen LogP contribution in [0.1, 0.15) is 14.5 Å². The van der Waals surface area contributed by atoms with E-state index in [-0.39, 0.29) is 5.91 Å². The van der Waals surface area contributed by atoms with Crippen molar-refractivity contribution >= 4 is 17.2 Å². The first-order valence-corrected chi connectivity index (χ1v) is 6.17. The van der Waals surface area contributed by atoms with Gasteiger partial charge in [-0.25, -0.2) is 0 Å². The Morgan fingerprint density at radius 2 is 2.29 bits per heavy atom. The average Bonchev–Trinajstić information content (AvgIpc) is 2.74. The molecule has 0 aliphatic heterocycles. The summed E-state index contributed by atoms with van der Waals surface area (Å²) in [6.07, 6.45) is 0. The number of likely N-dealkylation sites (N-methyl/N-ethyl adjacent to an activating group) is 1. The number of hydrogen-bond donors (Lipinski definition) is 2. The van der Waals surface area contributed by atoms with Crippen LogP contribution < -0.4 is 11.1 Å². The molecule has 0 unspecified atom stereocenters. The molecule has 0 fully saturated rings. The number of nitrogens with one attached hydrogen (secondary N) is 1. The molecule has 0 bridgehead atoms. The highest BCUT2D eigenvalue weighted by Crippen LogP contribution is 2.14. The number of hydrogen-bond acceptors (Lipinski definition) is 4. The smallest absolute Gasteiger partial charge is 0.261 e. The highest BCUT2D eigenvalue weighted by Gasteiger charge is 2.07. The zero-order valence-corrected chi connectivity index (χ0v) is 10.9. The summed E-state index contributed by atoms with van der Waals surface area (Å²) in [7, 11) is 3.94. The summed E-state index contributed by atoms with van der Waals surface area (Å²) < 4.78 is 0. The van der Waals surface area contributed by atoms with Gasteiger partial charge in [0.25, 0.3) is 5.91 Å². The van der Waals surface area contributed by atoms with E-state index in [1.165, 1.54) is 11.3 Å². The number of nitrogens with zero attached hydrogens (tertiary/aromatic N) is 1. The van der Waals surface area contributed by atoms with E-state index in [4.69, 9.17) is 5.73 Å². The Morgan fingerprint density at radius 3 is 2.94 bits per heavy atom. The molecule has 0 saturated carbocycles. The van der Waals surface area contributed by atoms with Gasteiger partial charge < -0.3 is 16.0 Å². The van der Waals surface area contributed by atoms with Crippen molar-refractivity contribution in [2.24, 2.45) is 5.73 Å². The van der Waals surface area contributed by atoms with E-state index in [9.17, 15) is 4.79 Å². The Labute approximate surface area is 106 Å². The first kappa shape index (κ1) is 13.7. The van der Waals surface area contributed by atoms with Crippen molar-refractivity contribution in [3.63, 3.8) is 0 Å². The molecule has 1 amide bonds. The van der Waals surface area contributed by atoms with Crippen LogP contribution in [0.5, 0.6) is 0 Å². The molecular weight excluding hydrogens is 234 g/mol. The molecule has 0 saturated heterocycles. The number of amides is 1. The maximum atomic E-state index is 11.7. The van der Waals surface area contributed by atoms with Crippen molar-refractivity contribution in [1.29, 1.82) is 0 Å². The van der Waals surface area contributed by atoms with Gasteiger partial charge in [-0.3, -0.25) is 4.79 Å². The zero-order valence-electron chi connectivity index (χ0n) is 10.1. The van der Waals surface area contributed by atoms with E-state index in [2.05, 4.69) is 17.2 Å². The van der Waals surface area contributed by atoms with Gasteiger partial charge in [-0.05, 0) is 26.2 Å². The molecule has 0 aliphatic rings. The second-order valence-corrected chi connectivity index (χ2v) is 4.81. The second kappa shape index (κ2) is 7.07. The minimum absolute atomic E-state index is 0.0438. The average molecular weight is 251 g/mol. The van der Waals surface area contributed by atoms with Crippen LogP contribution in [-0.4, -0.2) is 44.5 Å². The molecule has 0 atom stereocenters. The van der Waals surface area contributed by atoms with Gasteiger partial charge in [0, 0.05) is 13.1 Å². The first-order chi connectivity index (χ1) is 8.13. The van der Waals surface area contributed by atoms with E-state index in [1.807, 2.05) is 25.1 Å². The monoisotopic (exact) mass is 251 g/mol. The fourth-order valence-electron chi connectivity index (χ4n) is 1.15. The Hall–Kier alpha value is -1.35. The molecule has 0 aliphatic carbocycles. The van der Waals surface area contributed by atoms with E-state index in [1.54, 1.807) is 6.07 Å². The summed E-state index contributed by atoms with van der Waals surface area (Å²) in [6, 6.07) is 3.63. The topological polar surface area (TPSA) is 58.4 Å². The minimum atomic E-state index is -0.0438. The van der Waals surface area contributed by atoms with Gasteiger partial charge in [-0.2, -0.15) is 0 Å². The SMILES string of the molecule is CN(C)CCNC(=O)c1ccc(C#CCN)s1. The van der Waals surface area contributed by atoms with Crippen molar-refractivity contribution in [3.8, 4) is 11.8 Å². The molecule has 92 valence electrons. The number of carbonyl (C=O) groups excluding carboxylic acids is 1. The van der Waals surface area contributed by atoms with Crippen molar-refractivity contribution in [1.82, 2.24) is 10.2 Å². The van der Waals surface area contributed by atoms with Crippen molar-refractivity contribution in [3.05, 3.63) is 21.9 Å². The molecule has 1 aromatic rings. The predicted octanol–water partition coefficient (Wildman–Crippen LogP) is 0.350. The number of rotatable bonds is 4. The van der Waals surface area contributed by atoms with Crippen LogP contribution in [-0.2, 0) is 0 Å². The van der Waals surface area contributed by atoms with Gasteiger partial charge in [0.1, 0.15) is 0 Å². The van der Waals surface area contributed by atoms with Gasteiger partial charge in [0.05, 0.1) is 16.3 Å². The van der Waals surface area contributed by atoms with Crippen LogP contribution in [0.3, 0.4) is 0 Å². The van der Waals surface area contributed by atoms with Gasteiger partial charge >= 0.3 is 0 Å². The highest BCUT2D eigenvalue weighted by atomic mass is 32.1.